The Labute approximate surface area is 134 Å². The second-order valence-electron chi connectivity index (χ2n) is 5.15. The third-order valence-electron chi connectivity index (χ3n) is 3.58. The molecule has 1 unspecified atom stereocenters. The number of ether oxygens (including phenoxy) is 1. The first-order valence-corrected chi connectivity index (χ1v) is 8.56. The van der Waals surface area contributed by atoms with E-state index >= 15 is 0 Å². The van der Waals surface area contributed by atoms with Gasteiger partial charge in [0.15, 0.2) is 0 Å². The van der Waals surface area contributed by atoms with Crippen molar-refractivity contribution in [2.45, 2.75) is 32.2 Å². The summed E-state index contributed by atoms with van der Waals surface area (Å²) in [5.74, 6) is 0.934. The fourth-order valence-electron chi connectivity index (χ4n) is 2.51. The lowest BCUT2D eigenvalue weighted by Gasteiger charge is -2.09. The maximum absolute atomic E-state index is 6.20. The summed E-state index contributed by atoms with van der Waals surface area (Å²) in [5.41, 5.74) is 2.40. The van der Waals surface area contributed by atoms with Crippen LogP contribution in [0.5, 0.6) is 5.75 Å². The zero-order valence-electron chi connectivity index (χ0n) is 12.0. The highest BCUT2D eigenvalue weighted by molar-refractivity contribution is 7.12. The van der Waals surface area contributed by atoms with Gasteiger partial charge >= 0.3 is 0 Å². The molecule has 0 saturated heterocycles. The van der Waals surface area contributed by atoms with E-state index in [1.807, 2.05) is 23.6 Å². The number of rotatable bonds is 5. The molecule has 1 aromatic heterocycles. The number of nitrogens with zero attached hydrogens (tertiary/aromatic N) is 1. The first-order chi connectivity index (χ1) is 10.3. The Hall–Kier alpha value is -1.32. The number of thiophene rings is 1. The molecule has 2 heterocycles. The Morgan fingerprint density at radius 1 is 1.29 bits per heavy atom. The van der Waals surface area contributed by atoms with Crippen LogP contribution < -0.4 is 4.74 Å². The van der Waals surface area contributed by atoms with Crippen LogP contribution in [-0.4, -0.2) is 12.3 Å². The van der Waals surface area contributed by atoms with Crippen LogP contribution >= 0.6 is 22.9 Å². The molecule has 1 atom stereocenters. The molecule has 1 aliphatic rings. The Morgan fingerprint density at radius 3 is 2.76 bits per heavy atom. The average Bonchev–Trinajstić information content (AvgIpc) is 3.14. The molecule has 4 heteroatoms. The second-order valence-corrected chi connectivity index (χ2v) is 6.47. The molecule has 0 fully saturated rings. The van der Waals surface area contributed by atoms with Crippen molar-refractivity contribution in [3.63, 3.8) is 0 Å². The molecular formula is C17H18ClNOS. The SMILES string of the molecule is CCCOc1ccc(C2CCC(c3sccc3Cl)=N2)cc1. The van der Waals surface area contributed by atoms with Crippen LogP contribution in [0.1, 0.15) is 42.7 Å². The molecular weight excluding hydrogens is 302 g/mol. The smallest absolute Gasteiger partial charge is 0.119 e. The van der Waals surface area contributed by atoms with Gasteiger partial charge in [0.05, 0.1) is 28.3 Å². The highest BCUT2D eigenvalue weighted by Gasteiger charge is 2.22. The quantitative estimate of drug-likeness (QED) is 0.711. The predicted molar refractivity (Wildman–Crippen MR) is 90.1 cm³/mol. The Kier molecular flexibility index (Phi) is 4.61. The zero-order chi connectivity index (χ0) is 14.7. The normalized spacial score (nSPS) is 17.8. The van der Waals surface area contributed by atoms with Gasteiger partial charge in [-0.15, -0.1) is 11.3 Å². The lowest BCUT2D eigenvalue weighted by atomic mass is 10.0. The molecule has 0 bridgehead atoms. The van der Waals surface area contributed by atoms with E-state index in [9.17, 15) is 0 Å². The molecule has 0 N–H and O–H groups in total. The summed E-state index contributed by atoms with van der Waals surface area (Å²) in [6.07, 6.45) is 3.08. The van der Waals surface area contributed by atoms with Crippen molar-refractivity contribution in [1.29, 1.82) is 0 Å². The predicted octanol–water partition coefficient (Wildman–Crippen LogP) is 5.51. The number of hydrogen-bond donors (Lipinski definition) is 0. The van der Waals surface area contributed by atoms with E-state index in [2.05, 4.69) is 19.1 Å². The van der Waals surface area contributed by atoms with Gasteiger partial charge in [-0.25, -0.2) is 0 Å². The van der Waals surface area contributed by atoms with Crippen molar-refractivity contribution in [1.82, 2.24) is 0 Å². The van der Waals surface area contributed by atoms with Gasteiger partial charge in [0, 0.05) is 0 Å². The van der Waals surface area contributed by atoms with Crippen molar-refractivity contribution in [2.24, 2.45) is 4.99 Å². The van der Waals surface area contributed by atoms with E-state index in [1.165, 1.54) is 5.56 Å². The fourth-order valence-corrected chi connectivity index (χ4v) is 3.70. The minimum Gasteiger partial charge on any atom is -0.494 e. The number of aliphatic imine (C=N–C) groups is 1. The minimum absolute atomic E-state index is 0.249. The van der Waals surface area contributed by atoms with Crippen LogP contribution in [-0.2, 0) is 0 Å². The topological polar surface area (TPSA) is 21.6 Å². The van der Waals surface area contributed by atoms with Crippen LogP contribution in [0.3, 0.4) is 0 Å². The second kappa shape index (κ2) is 6.63. The standard InChI is InChI=1S/C17H18ClNOS/c1-2-10-20-13-5-3-12(4-6-13)15-7-8-16(19-15)17-14(18)9-11-21-17/h3-6,9,11,15H,2,7-8,10H2,1H3. The Balaban J connectivity index is 1.73. The molecule has 110 valence electrons. The van der Waals surface area contributed by atoms with Crippen LogP contribution in [0.2, 0.25) is 5.02 Å². The maximum atomic E-state index is 6.20. The van der Waals surface area contributed by atoms with Gasteiger partial charge in [0.25, 0.3) is 0 Å². The van der Waals surface area contributed by atoms with Crippen molar-refractivity contribution in [2.75, 3.05) is 6.61 Å². The van der Waals surface area contributed by atoms with E-state index in [-0.39, 0.29) is 6.04 Å². The maximum Gasteiger partial charge on any atom is 0.119 e. The van der Waals surface area contributed by atoms with E-state index < -0.39 is 0 Å². The van der Waals surface area contributed by atoms with Crippen molar-refractivity contribution in [3.8, 4) is 5.75 Å². The van der Waals surface area contributed by atoms with Gasteiger partial charge in [-0.1, -0.05) is 30.7 Å². The Bertz CT molecular complexity index is 632. The lowest BCUT2D eigenvalue weighted by Crippen LogP contribution is -1.96. The monoisotopic (exact) mass is 319 g/mol. The molecule has 0 radical (unpaired) electrons. The number of benzene rings is 1. The number of halogens is 1. The van der Waals surface area contributed by atoms with Gasteiger partial charge in [-0.2, -0.15) is 0 Å². The molecule has 0 aliphatic carbocycles. The molecule has 2 aromatic rings. The average molecular weight is 320 g/mol. The van der Waals surface area contributed by atoms with Crippen LogP contribution in [0.15, 0.2) is 40.7 Å². The lowest BCUT2D eigenvalue weighted by molar-refractivity contribution is 0.317. The summed E-state index contributed by atoms with van der Waals surface area (Å²) >= 11 is 7.87. The van der Waals surface area contributed by atoms with E-state index in [1.54, 1.807) is 11.3 Å². The highest BCUT2D eigenvalue weighted by Crippen LogP contribution is 2.35. The molecule has 21 heavy (non-hydrogen) atoms. The molecule has 1 aromatic carbocycles. The third kappa shape index (κ3) is 3.30. The van der Waals surface area contributed by atoms with Gasteiger partial charge in [0.2, 0.25) is 0 Å². The molecule has 0 saturated carbocycles. The van der Waals surface area contributed by atoms with E-state index in [0.717, 1.165) is 47.2 Å². The summed E-state index contributed by atoms with van der Waals surface area (Å²) in [4.78, 5) is 5.98. The highest BCUT2D eigenvalue weighted by atomic mass is 35.5. The molecule has 2 nitrogen and oxygen atoms in total. The van der Waals surface area contributed by atoms with Crippen LogP contribution in [0.4, 0.5) is 0 Å². The summed E-state index contributed by atoms with van der Waals surface area (Å²) in [6.45, 7) is 2.88. The minimum atomic E-state index is 0.249. The Morgan fingerprint density at radius 2 is 2.10 bits per heavy atom. The van der Waals surface area contributed by atoms with Gasteiger partial charge in [0.1, 0.15) is 5.75 Å². The van der Waals surface area contributed by atoms with Crippen molar-refractivity contribution >= 4 is 28.6 Å². The van der Waals surface area contributed by atoms with Crippen molar-refractivity contribution < 1.29 is 4.74 Å². The third-order valence-corrected chi connectivity index (χ3v) is 4.97. The first kappa shape index (κ1) is 14.6. The van der Waals surface area contributed by atoms with Crippen LogP contribution in [0, 0.1) is 0 Å². The van der Waals surface area contributed by atoms with E-state index in [0.29, 0.717) is 0 Å². The number of hydrogen-bond acceptors (Lipinski definition) is 3. The molecule has 0 amide bonds. The summed E-state index contributed by atoms with van der Waals surface area (Å²) < 4.78 is 5.62. The van der Waals surface area contributed by atoms with Crippen LogP contribution in [0.25, 0.3) is 0 Å². The molecule has 1 aliphatic heterocycles. The largest absolute Gasteiger partial charge is 0.494 e. The summed E-state index contributed by atoms with van der Waals surface area (Å²) in [7, 11) is 0. The van der Waals surface area contributed by atoms with Gasteiger partial charge in [-0.05, 0) is 48.4 Å². The summed E-state index contributed by atoms with van der Waals surface area (Å²) in [5, 5.41) is 2.84. The molecule has 3 rings (SSSR count). The summed E-state index contributed by atoms with van der Waals surface area (Å²) in [6, 6.07) is 10.5. The fraction of sp³-hybridized carbons (Fsp3) is 0.353. The van der Waals surface area contributed by atoms with Gasteiger partial charge in [-0.3, -0.25) is 4.99 Å². The first-order valence-electron chi connectivity index (χ1n) is 7.30. The van der Waals surface area contributed by atoms with Gasteiger partial charge < -0.3 is 4.74 Å². The zero-order valence-corrected chi connectivity index (χ0v) is 13.6. The van der Waals surface area contributed by atoms with Crippen molar-refractivity contribution in [3.05, 3.63) is 51.2 Å². The molecule has 0 spiro atoms. The van der Waals surface area contributed by atoms with E-state index in [4.69, 9.17) is 21.3 Å².